The fourth-order valence-corrected chi connectivity index (χ4v) is 3.17. The summed E-state index contributed by atoms with van der Waals surface area (Å²) in [5, 5.41) is 0. The molecule has 0 amide bonds. The van der Waals surface area contributed by atoms with Crippen LogP contribution in [0, 0.1) is 12.3 Å². The van der Waals surface area contributed by atoms with Gasteiger partial charge in [-0.2, -0.15) is 0 Å². The maximum atomic E-state index is 5.67. The molecule has 1 aliphatic rings. The van der Waals surface area contributed by atoms with Gasteiger partial charge in [-0.25, -0.2) is 0 Å². The minimum absolute atomic E-state index is 0.203. The van der Waals surface area contributed by atoms with Crippen LogP contribution in [0.25, 0.3) is 0 Å². The van der Waals surface area contributed by atoms with Crippen LogP contribution in [-0.4, -0.2) is 36.2 Å². The third-order valence-electron chi connectivity index (χ3n) is 3.25. The molecule has 0 spiro atoms. The van der Waals surface area contributed by atoms with E-state index in [1.807, 2.05) is 19.1 Å². The van der Waals surface area contributed by atoms with Gasteiger partial charge in [0.15, 0.2) is 11.5 Å². The highest BCUT2D eigenvalue weighted by molar-refractivity contribution is 9.10. The molecule has 0 atom stereocenters. The van der Waals surface area contributed by atoms with Crippen molar-refractivity contribution in [3.05, 3.63) is 22.2 Å². The summed E-state index contributed by atoms with van der Waals surface area (Å²) in [5.41, 5.74) is 0.968. The molecule has 3 nitrogen and oxygen atoms in total. The number of rotatable bonds is 5. The Balaban J connectivity index is 2.31. The SMILES string of the molecule is C#CCOc1c(Br)cc(C(=S)N2CCCC2)cc1OCC. The van der Waals surface area contributed by atoms with Crippen LogP contribution in [0.5, 0.6) is 11.5 Å². The van der Waals surface area contributed by atoms with E-state index in [-0.39, 0.29) is 6.61 Å². The van der Waals surface area contributed by atoms with Gasteiger partial charge in [0.05, 0.1) is 11.1 Å². The fraction of sp³-hybridized carbons (Fsp3) is 0.438. The molecule has 1 aliphatic heterocycles. The molecule has 1 fully saturated rings. The summed E-state index contributed by atoms with van der Waals surface area (Å²) in [7, 11) is 0. The number of hydrogen-bond donors (Lipinski definition) is 0. The Hall–Kier alpha value is -1.25. The molecule has 1 saturated heterocycles. The molecule has 21 heavy (non-hydrogen) atoms. The molecule has 0 aromatic heterocycles. The largest absolute Gasteiger partial charge is 0.490 e. The average molecular weight is 368 g/mol. The van der Waals surface area contributed by atoms with Crippen LogP contribution in [0.3, 0.4) is 0 Å². The molecule has 2 rings (SSSR count). The van der Waals surface area contributed by atoms with Crippen molar-refractivity contribution in [1.82, 2.24) is 4.90 Å². The molecule has 112 valence electrons. The van der Waals surface area contributed by atoms with E-state index < -0.39 is 0 Å². The van der Waals surface area contributed by atoms with Crippen molar-refractivity contribution < 1.29 is 9.47 Å². The van der Waals surface area contributed by atoms with Gasteiger partial charge >= 0.3 is 0 Å². The first-order chi connectivity index (χ1) is 10.2. The van der Waals surface area contributed by atoms with Crippen molar-refractivity contribution in [2.75, 3.05) is 26.3 Å². The first-order valence-corrected chi connectivity index (χ1v) is 8.19. The van der Waals surface area contributed by atoms with Gasteiger partial charge in [0, 0.05) is 18.7 Å². The number of nitrogens with zero attached hydrogens (tertiary/aromatic N) is 1. The second-order valence-corrected chi connectivity index (χ2v) is 5.95. The third kappa shape index (κ3) is 3.90. The number of terminal acetylenes is 1. The average Bonchev–Trinajstić information content (AvgIpc) is 3.00. The Morgan fingerprint density at radius 1 is 1.38 bits per heavy atom. The Morgan fingerprint density at radius 2 is 2.10 bits per heavy atom. The van der Waals surface area contributed by atoms with E-state index in [4.69, 9.17) is 28.1 Å². The van der Waals surface area contributed by atoms with Gasteiger partial charge in [-0.3, -0.25) is 0 Å². The van der Waals surface area contributed by atoms with E-state index in [0.29, 0.717) is 18.1 Å². The maximum Gasteiger partial charge on any atom is 0.176 e. The number of ether oxygens (including phenoxy) is 2. The summed E-state index contributed by atoms with van der Waals surface area (Å²) in [6.45, 7) is 4.74. The number of likely N-dealkylation sites (tertiary alicyclic amines) is 1. The van der Waals surface area contributed by atoms with Crippen molar-refractivity contribution in [2.45, 2.75) is 19.8 Å². The lowest BCUT2D eigenvalue weighted by Gasteiger charge is -2.20. The van der Waals surface area contributed by atoms with Gasteiger partial charge in [-0.05, 0) is 47.8 Å². The van der Waals surface area contributed by atoms with Crippen molar-refractivity contribution in [3.8, 4) is 23.8 Å². The lowest BCUT2D eigenvalue weighted by molar-refractivity contribution is 0.298. The summed E-state index contributed by atoms with van der Waals surface area (Å²) in [6, 6.07) is 3.90. The molecule has 1 aromatic rings. The highest BCUT2D eigenvalue weighted by Gasteiger charge is 2.19. The zero-order chi connectivity index (χ0) is 15.2. The predicted molar refractivity (Wildman–Crippen MR) is 92.1 cm³/mol. The van der Waals surface area contributed by atoms with Crippen LogP contribution in [-0.2, 0) is 0 Å². The van der Waals surface area contributed by atoms with E-state index in [9.17, 15) is 0 Å². The number of halogens is 1. The lowest BCUT2D eigenvalue weighted by atomic mass is 10.2. The first-order valence-electron chi connectivity index (χ1n) is 6.99. The van der Waals surface area contributed by atoms with E-state index in [0.717, 1.165) is 28.1 Å². The van der Waals surface area contributed by atoms with Crippen LogP contribution >= 0.6 is 28.1 Å². The van der Waals surface area contributed by atoms with Crippen LogP contribution < -0.4 is 9.47 Å². The predicted octanol–water partition coefficient (Wildman–Crippen LogP) is 3.63. The van der Waals surface area contributed by atoms with E-state index >= 15 is 0 Å². The van der Waals surface area contributed by atoms with Crippen molar-refractivity contribution in [3.63, 3.8) is 0 Å². The summed E-state index contributed by atoms with van der Waals surface area (Å²) >= 11 is 9.11. The highest BCUT2D eigenvalue weighted by Crippen LogP contribution is 2.37. The van der Waals surface area contributed by atoms with Crippen LogP contribution in [0.2, 0.25) is 0 Å². The maximum absolute atomic E-state index is 5.67. The molecule has 0 bridgehead atoms. The van der Waals surface area contributed by atoms with Crippen molar-refractivity contribution >= 4 is 33.1 Å². The lowest BCUT2D eigenvalue weighted by Crippen LogP contribution is -2.26. The van der Waals surface area contributed by atoms with Crippen molar-refractivity contribution in [2.24, 2.45) is 0 Å². The standard InChI is InChI=1S/C16H18BrNO2S/c1-3-9-20-15-13(17)10-12(11-14(15)19-4-2)16(21)18-7-5-6-8-18/h1,10-11H,4-9H2,2H3. The summed E-state index contributed by atoms with van der Waals surface area (Å²) in [5.74, 6) is 3.76. The molecule has 1 heterocycles. The second kappa shape index (κ2) is 7.67. The fourth-order valence-electron chi connectivity index (χ4n) is 2.31. The van der Waals surface area contributed by atoms with Gasteiger partial charge in [0.2, 0.25) is 0 Å². The monoisotopic (exact) mass is 367 g/mol. The number of hydrogen-bond acceptors (Lipinski definition) is 3. The molecule has 0 unspecified atom stereocenters. The highest BCUT2D eigenvalue weighted by atomic mass is 79.9. The first kappa shape index (κ1) is 16.1. The number of benzene rings is 1. The van der Waals surface area contributed by atoms with Crippen LogP contribution in [0.4, 0.5) is 0 Å². The van der Waals surface area contributed by atoms with Crippen LogP contribution in [0.1, 0.15) is 25.3 Å². The zero-order valence-corrected chi connectivity index (χ0v) is 14.4. The number of thiocarbonyl (C=S) groups is 1. The summed E-state index contributed by atoms with van der Waals surface area (Å²) in [6.07, 6.45) is 7.65. The van der Waals surface area contributed by atoms with E-state index in [1.165, 1.54) is 12.8 Å². The Bertz CT molecular complexity index is 562. The zero-order valence-electron chi connectivity index (χ0n) is 12.0. The van der Waals surface area contributed by atoms with Gasteiger partial charge < -0.3 is 14.4 Å². The molecular formula is C16H18BrNO2S. The molecule has 0 aliphatic carbocycles. The van der Waals surface area contributed by atoms with E-state index in [2.05, 4.69) is 26.8 Å². The normalized spacial score (nSPS) is 13.9. The van der Waals surface area contributed by atoms with Crippen LogP contribution in [0.15, 0.2) is 16.6 Å². The topological polar surface area (TPSA) is 21.7 Å². The summed E-state index contributed by atoms with van der Waals surface area (Å²) < 4.78 is 12.0. The molecular weight excluding hydrogens is 350 g/mol. The molecule has 0 saturated carbocycles. The van der Waals surface area contributed by atoms with Gasteiger partial charge in [-0.15, -0.1) is 6.42 Å². The van der Waals surface area contributed by atoms with E-state index in [1.54, 1.807) is 0 Å². The van der Waals surface area contributed by atoms with Gasteiger partial charge in [-0.1, -0.05) is 18.1 Å². The molecule has 0 radical (unpaired) electrons. The minimum atomic E-state index is 0.203. The third-order valence-corrected chi connectivity index (χ3v) is 4.33. The second-order valence-electron chi connectivity index (χ2n) is 4.71. The quantitative estimate of drug-likeness (QED) is 0.585. The molecule has 1 aromatic carbocycles. The Kier molecular flexibility index (Phi) is 5.89. The molecule has 0 N–H and O–H groups in total. The Morgan fingerprint density at radius 3 is 2.71 bits per heavy atom. The van der Waals surface area contributed by atoms with Gasteiger partial charge in [0.1, 0.15) is 11.6 Å². The Labute approximate surface area is 139 Å². The smallest absolute Gasteiger partial charge is 0.176 e. The minimum Gasteiger partial charge on any atom is -0.490 e. The van der Waals surface area contributed by atoms with Crippen molar-refractivity contribution in [1.29, 1.82) is 0 Å². The molecule has 5 heteroatoms. The van der Waals surface area contributed by atoms with Gasteiger partial charge in [0.25, 0.3) is 0 Å². The summed E-state index contributed by atoms with van der Waals surface area (Å²) in [4.78, 5) is 3.09.